The zero-order valence-corrected chi connectivity index (χ0v) is 16.4. The van der Waals surface area contributed by atoms with E-state index >= 15 is 0 Å². The Morgan fingerprint density at radius 2 is 2.07 bits per heavy atom. The van der Waals surface area contributed by atoms with Gasteiger partial charge in [-0.15, -0.1) is 12.4 Å². The van der Waals surface area contributed by atoms with E-state index in [1.54, 1.807) is 17.9 Å². The third-order valence-corrected chi connectivity index (χ3v) is 4.89. The number of hydrogen-bond acceptors (Lipinski definition) is 4. The second kappa shape index (κ2) is 9.19. The van der Waals surface area contributed by atoms with Crippen LogP contribution in [0.25, 0.3) is 5.69 Å². The van der Waals surface area contributed by atoms with Gasteiger partial charge in [0, 0.05) is 13.1 Å². The number of aromatic nitrogens is 2. The predicted molar refractivity (Wildman–Crippen MR) is 104 cm³/mol. The molecule has 8 heteroatoms. The lowest BCUT2D eigenvalue weighted by Crippen LogP contribution is -2.41. The van der Waals surface area contributed by atoms with E-state index in [0.29, 0.717) is 30.3 Å². The number of nitrogens with zero attached hydrogens (tertiary/aromatic N) is 3. The molecular formula is C19H26ClFN4O2. The van der Waals surface area contributed by atoms with Gasteiger partial charge in [0.25, 0.3) is 5.91 Å². The van der Waals surface area contributed by atoms with Crippen LogP contribution in [0, 0.1) is 18.7 Å². The third-order valence-electron chi connectivity index (χ3n) is 4.89. The van der Waals surface area contributed by atoms with Gasteiger partial charge in [0.1, 0.15) is 5.82 Å². The minimum atomic E-state index is -0.334. The Labute approximate surface area is 164 Å². The fraction of sp³-hybridized carbons (Fsp3) is 0.474. The smallest absolute Gasteiger partial charge is 0.278 e. The number of carbonyl (C=O) groups is 1. The first kappa shape index (κ1) is 21.2. The van der Waals surface area contributed by atoms with Gasteiger partial charge >= 0.3 is 0 Å². The lowest BCUT2D eigenvalue weighted by Gasteiger charge is -2.31. The molecule has 1 aromatic heterocycles. The molecule has 1 aliphatic rings. The van der Waals surface area contributed by atoms with Gasteiger partial charge in [0.2, 0.25) is 0 Å². The lowest BCUT2D eigenvalue weighted by atomic mass is 9.96. The van der Waals surface area contributed by atoms with E-state index in [1.165, 1.54) is 23.0 Å². The Kier molecular flexibility index (Phi) is 7.21. The second-order valence-electron chi connectivity index (χ2n) is 6.78. The highest BCUT2D eigenvalue weighted by atomic mass is 35.5. The molecule has 2 aromatic rings. The Morgan fingerprint density at radius 1 is 1.37 bits per heavy atom. The molecule has 1 aliphatic heterocycles. The van der Waals surface area contributed by atoms with Crippen LogP contribution < -0.4 is 5.32 Å². The molecule has 2 heterocycles. The van der Waals surface area contributed by atoms with Crippen molar-refractivity contribution < 1.29 is 14.3 Å². The van der Waals surface area contributed by atoms with Gasteiger partial charge in [-0.05, 0) is 62.5 Å². The maximum absolute atomic E-state index is 13.3. The summed E-state index contributed by atoms with van der Waals surface area (Å²) in [6, 6.07) is 4.31. The summed E-state index contributed by atoms with van der Waals surface area (Å²) in [5.41, 5.74) is 1.35. The van der Waals surface area contributed by atoms with Crippen molar-refractivity contribution in [3.8, 4) is 11.4 Å². The van der Waals surface area contributed by atoms with Gasteiger partial charge in [0.15, 0.2) is 11.4 Å². The van der Waals surface area contributed by atoms with Crippen LogP contribution in [0.2, 0.25) is 0 Å². The fourth-order valence-electron chi connectivity index (χ4n) is 3.35. The van der Waals surface area contributed by atoms with Gasteiger partial charge in [-0.2, -0.15) is 5.10 Å². The monoisotopic (exact) mass is 396 g/mol. The van der Waals surface area contributed by atoms with Crippen LogP contribution in [0.3, 0.4) is 0 Å². The average Bonchev–Trinajstić information content (AvgIpc) is 3.01. The molecule has 6 nitrogen and oxygen atoms in total. The SMILES string of the molecule is CCNCC1CCN(C(=O)c2nn(-c3ccc(F)cc3C)cc2O)CC1.Cl. The number of benzene rings is 1. The van der Waals surface area contributed by atoms with Crippen molar-refractivity contribution in [1.29, 1.82) is 0 Å². The van der Waals surface area contributed by atoms with E-state index in [0.717, 1.165) is 25.9 Å². The summed E-state index contributed by atoms with van der Waals surface area (Å²) in [7, 11) is 0. The first-order valence-electron chi connectivity index (χ1n) is 9.04. The van der Waals surface area contributed by atoms with Gasteiger partial charge in [-0.25, -0.2) is 9.07 Å². The Balaban J connectivity index is 0.00000261. The van der Waals surface area contributed by atoms with Crippen molar-refractivity contribution in [1.82, 2.24) is 20.0 Å². The quantitative estimate of drug-likeness (QED) is 0.815. The highest BCUT2D eigenvalue weighted by Crippen LogP contribution is 2.24. The third kappa shape index (κ3) is 4.78. The fourth-order valence-corrected chi connectivity index (χ4v) is 3.35. The lowest BCUT2D eigenvalue weighted by molar-refractivity contribution is 0.0681. The first-order valence-corrected chi connectivity index (χ1v) is 9.04. The topological polar surface area (TPSA) is 70.4 Å². The summed E-state index contributed by atoms with van der Waals surface area (Å²) in [5.74, 6) is -0.178. The van der Waals surface area contributed by atoms with Crippen LogP contribution >= 0.6 is 12.4 Å². The first-order chi connectivity index (χ1) is 12.5. The molecule has 1 amide bonds. The number of aromatic hydroxyl groups is 1. The van der Waals surface area contributed by atoms with Crippen LogP contribution in [0.5, 0.6) is 5.75 Å². The van der Waals surface area contributed by atoms with E-state index in [2.05, 4.69) is 17.3 Å². The average molecular weight is 397 g/mol. The van der Waals surface area contributed by atoms with Crippen LogP contribution in [0.15, 0.2) is 24.4 Å². The van der Waals surface area contributed by atoms with Crippen molar-refractivity contribution >= 4 is 18.3 Å². The van der Waals surface area contributed by atoms with E-state index in [-0.39, 0.29) is 35.6 Å². The zero-order valence-electron chi connectivity index (χ0n) is 15.6. The van der Waals surface area contributed by atoms with Crippen molar-refractivity contribution in [3.05, 3.63) is 41.5 Å². The molecule has 27 heavy (non-hydrogen) atoms. The molecule has 0 saturated carbocycles. The maximum Gasteiger partial charge on any atom is 0.278 e. The zero-order chi connectivity index (χ0) is 18.7. The molecule has 0 aliphatic carbocycles. The highest BCUT2D eigenvalue weighted by molar-refractivity contribution is 5.94. The normalized spacial score (nSPS) is 14.9. The molecule has 3 rings (SSSR count). The molecule has 0 unspecified atom stereocenters. The van der Waals surface area contributed by atoms with Gasteiger partial charge in [-0.1, -0.05) is 6.92 Å². The molecule has 0 bridgehead atoms. The molecule has 1 aromatic carbocycles. The number of piperidine rings is 1. The Hall–Kier alpha value is -2.12. The minimum absolute atomic E-state index is 0. The number of nitrogens with one attached hydrogen (secondary N) is 1. The van der Waals surface area contributed by atoms with Gasteiger partial charge in [0.05, 0.1) is 11.9 Å². The molecule has 148 valence electrons. The Bertz CT molecular complexity index is 788. The maximum atomic E-state index is 13.3. The summed E-state index contributed by atoms with van der Waals surface area (Å²) >= 11 is 0. The highest BCUT2D eigenvalue weighted by Gasteiger charge is 2.27. The van der Waals surface area contributed by atoms with Crippen molar-refractivity contribution in [2.45, 2.75) is 26.7 Å². The number of likely N-dealkylation sites (tertiary alicyclic amines) is 1. The van der Waals surface area contributed by atoms with Crippen LogP contribution in [0.4, 0.5) is 4.39 Å². The molecular weight excluding hydrogens is 371 g/mol. The number of halogens is 2. The number of amides is 1. The number of aryl methyl sites for hydroxylation is 1. The predicted octanol–water partition coefficient (Wildman–Crippen LogP) is 2.91. The summed E-state index contributed by atoms with van der Waals surface area (Å²) < 4.78 is 14.7. The molecule has 2 N–H and O–H groups in total. The van der Waals surface area contributed by atoms with Crippen molar-refractivity contribution in [3.63, 3.8) is 0 Å². The largest absolute Gasteiger partial charge is 0.504 e. The number of carbonyl (C=O) groups excluding carboxylic acids is 1. The van der Waals surface area contributed by atoms with Gasteiger partial charge in [-0.3, -0.25) is 4.79 Å². The van der Waals surface area contributed by atoms with Crippen LogP contribution in [-0.4, -0.2) is 51.9 Å². The van der Waals surface area contributed by atoms with Crippen molar-refractivity contribution in [2.75, 3.05) is 26.2 Å². The Morgan fingerprint density at radius 3 is 2.70 bits per heavy atom. The molecule has 0 radical (unpaired) electrons. The van der Waals surface area contributed by atoms with Crippen LogP contribution in [0.1, 0.15) is 35.8 Å². The van der Waals surface area contributed by atoms with Gasteiger partial charge < -0.3 is 15.3 Å². The molecule has 1 fully saturated rings. The summed E-state index contributed by atoms with van der Waals surface area (Å²) in [5, 5.41) is 17.8. The van der Waals surface area contributed by atoms with Crippen LogP contribution in [-0.2, 0) is 0 Å². The summed E-state index contributed by atoms with van der Waals surface area (Å²) in [4.78, 5) is 14.5. The molecule has 0 atom stereocenters. The second-order valence-corrected chi connectivity index (χ2v) is 6.78. The number of hydrogen-bond donors (Lipinski definition) is 2. The van der Waals surface area contributed by atoms with Crippen molar-refractivity contribution in [2.24, 2.45) is 5.92 Å². The van der Waals surface area contributed by atoms with E-state index in [9.17, 15) is 14.3 Å². The standard InChI is InChI=1S/C19H25FN4O2.ClH/c1-3-21-11-14-6-8-23(9-7-14)19(26)18-17(25)12-24(22-18)16-5-4-15(20)10-13(16)2;/h4-5,10,12,14,21,25H,3,6-9,11H2,1-2H3;1H. The molecule has 1 saturated heterocycles. The van der Waals surface area contributed by atoms with E-state index < -0.39 is 0 Å². The van der Waals surface area contributed by atoms with E-state index in [1.807, 2.05) is 0 Å². The molecule has 0 spiro atoms. The van der Waals surface area contributed by atoms with E-state index in [4.69, 9.17) is 0 Å². The minimum Gasteiger partial charge on any atom is -0.504 e. The number of rotatable bonds is 5. The summed E-state index contributed by atoms with van der Waals surface area (Å²) in [6.07, 6.45) is 3.28. The summed E-state index contributed by atoms with van der Waals surface area (Å²) in [6.45, 7) is 7.09.